The molecule has 0 amide bonds. The normalized spacial score (nSPS) is 10.5. The first-order valence-corrected chi connectivity index (χ1v) is 5.46. The molecule has 0 N–H and O–H groups in total. The molecule has 1 aromatic rings. The summed E-state index contributed by atoms with van der Waals surface area (Å²) in [4.78, 5) is 21.7. The average Bonchev–Trinajstić information content (AvgIpc) is 2.34. The van der Waals surface area contributed by atoms with Gasteiger partial charge in [0.2, 0.25) is 0 Å². The predicted octanol–water partition coefficient (Wildman–Crippen LogP) is 2.39. The number of benzene rings is 1. The summed E-state index contributed by atoms with van der Waals surface area (Å²) in [6.07, 6.45) is 4.40. The van der Waals surface area contributed by atoms with E-state index in [1.165, 1.54) is 13.2 Å². The summed E-state index contributed by atoms with van der Waals surface area (Å²) in [5.74, 6) is -0.176. The van der Waals surface area contributed by atoms with Crippen LogP contribution in [0.15, 0.2) is 30.3 Å². The van der Waals surface area contributed by atoms with Gasteiger partial charge in [-0.05, 0) is 30.5 Å². The molecule has 0 aromatic heterocycles. The molecule has 0 heterocycles. The molecule has 90 valence electrons. The van der Waals surface area contributed by atoms with Crippen LogP contribution in [-0.4, -0.2) is 18.9 Å². The van der Waals surface area contributed by atoms with E-state index in [0.717, 1.165) is 17.5 Å². The number of Topliss-reactive ketones (excluding diaryl/α,β-unsaturated/α-hetero) is 1. The topological polar surface area (TPSA) is 43.4 Å². The molecule has 0 aliphatic rings. The van der Waals surface area contributed by atoms with E-state index in [1.54, 1.807) is 13.0 Å². The Bertz CT molecular complexity index is 416. The zero-order chi connectivity index (χ0) is 12.7. The number of aryl methyl sites for hydroxylation is 1. The maximum Gasteiger partial charge on any atom is 0.330 e. The number of esters is 1. The van der Waals surface area contributed by atoms with E-state index in [1.807, 2.05) is 24.3 Å². The molecule has 0 spiro atoms. The fourth-order valence-electron chi connectivity index (χ4n) is 1.35. The maximum absolute atomic E-state index is 10.9. The number of hydrogen-bond acceptors (Lipinski definition) is 3. The monoisotopic (exact) mass is 232 g/mol. The van der Waals surface area contributed by atoms with Crippen molar-refractivity contribution in [2.75, 3.05) is 7.11 Å². The summed E-state index contributed by atoms with van der Waals surface area (Å²) < 4.78 is 4.50. The lowest BCUT2D eigenvalue weighted by atomic mass is 10.1. The Kier molecular flexibility index (Phi) is 5.14. The van der Waals surface area contributed by atoms with Gasteiger partial charge in [-0.2, -0.15) is 0 Å². The number of carbonyl (C=O) groups excluding carboxylic acids is 2. The van der Waals surface area contributed by atoms with Crippen LogP contribution in [0.4, 0.5) is 0 Å². The molecule has 3 nitrogen and oxygen atoms in total. The standard InChI is InChI=1S/C14H16O3/c1-11(15)3-4-12-5-7-13(8-6-12)9-10-14(16)17-2/h5-10H,3-4H2,1-2H3/b10-9+. The first-order valence-electron chi connectivity index (χ1n) is 5.46. The summed E-state index contributed by atoms with van der Waals surface area (Å²) >= 11 is 0. The number of rotatable bonds is 5. The van der Waals surface area contributed by atoms with Gasteiger partial charge >= 0.3 is 5.97 Å². The number of methoxy groups -OCH3 is 1. The Balaban J connectivity index is 2.58. The van der Waals surface area contributed by atoms with Crippen LogP contribution >= 0.6 is 0 Å². The largest absolute Gasteiger partial charge is 0.466 e. The molecule has 0 atom stereocenters. The molecule has 17 heavy (non-hydrogen) atoms. The first-order chi connectivity index (χ1) is 8.11. The SMILES string of the molecule is COC(=O)/C=C/c1ccc(CCC(C)=O)cc1. The summed E-state index contributed by atoms with van der Waals surface area (Å²) in [6.45, 7) is 1.59. The van der Waals surface area contributed by atoms with E-state index in [-0.39, 0.29) is 11.8 Å². The van der Waals surface area contributed by atoms with Crippen molar-refractivity contribution in [3.8, 4) is 0 Å². The van der Waals surface area contributed by atoms with Crippen LogP contribution in [0.1, 0.15) is 24.5 Å². The van der Waals surface area contributed by atoms with Crippen LogP contribution in [0.25, 0.3) is 6.08 Å². The summed E-state index contributed by atoms with van der Waals surface area (Å²) in [5, 5.41) is 0. The highest BCUT2D eigenvalue weighted by Crippen LogP contribution is 2.08. The number of ketones is 1. The Labute approximate surface area is 101 Å². The molecule has 0 bridgehead atoms. The molecule has 0 aliphatic heterocycles. The first kappa shape index (κ1) is 13.2. The van der Waals surface area contributed by atoms with Crippen molar-refractivity contribution in [2.24, 2.45) is 0 Å². The van der Waals surface area contributed by atoms with Gasteiger partial charge in [-0.25, -0.2) is 4.79 Å². The van der Waals surface area contributed by atoms with Crippen molar-refractivity contribution in [1.29, 1.82) is 0 Å². The van der Waals surface area contributed by atoms with E-state index >= 15 is 0 Å². The van der Waals surface area contributed by atoms with Gasteiger partial charge in [0.25, 0.3) is 0 Å². The molecule has 0 saturated carbocycles. The molecular weight excluding hydrogens is 216 g/mol. The van der Waals surface area contributed by atoms with Crippen LogP contribution in [0.3, 0.4) is 0 Å². The van der Waals surface area contributed by atoms with E-state index < -0.39 is 0 Å². The van der Waals surface area contributed by atoms with Gasteiger partial charge in [0.05, 0.1) is 7.11 Å². The Morgan fingerprint density at radius 3 is 2.41 bits per heavy atom. The number of ether oxygens (including phenoxy) is 1. The Hall–Kier alpha value is -1.90. The Morgan fingerprint density at radius 2 is 1.88 bits per heavy atom. The maximum atomic E-state index is 10.9. The highest BCUT2D eigenvalue weighted by Gasteiger charge is 1.97. The van der Waals surface area contributed by atoms with E-state index in [9.17, 15) is 9.59 Å². The highest BCUT2D eigenvalue weighted by atomic mass is 16.5. The van der Waals surface area contributed by atoms with Gasteiger partial charge in [0.1, 0.15) is 5.78 Å². The van der Waals surface area contributed by atoms with Gasteiger partial charge in [0, 0.05) is 12.5 Å². The number of carbonyl (C=O) groups is 2. The van der Waals surface area contributed by atoms with Gasteiger partial charge in [-0.3, -0.25) is 0 Å². The second-order valence-corrected chi connectivity index (χ2v) is 3.80. The minimum absolute atomic E-state index is 0.194. The third-order valence-corrected chi connectivity index (χ3v) is 2.36. The Morgan fingerprint density at radius 1 is 1.24 bits per heavy atom. The van der Waals surface area contributed by atoms with E-state index in [0.29, 0.717) is 6.42 Å². The van der Waals surface area contributed by atoms with Crippen LogP contribution < -0.4 is 0 Å². The lowest BCUT2D eigenvalue weighted by Crippen LogP contribution is -1.94. The molecular formula is C14H16O3. The lowest BCUT2D eigenvalue weighted by molar-refractivity contribution is -0.134. The second kappa shape index (κ2) is 6.63. The van der Waals surface area contributed by atoms with Gasteiger partial charge in [-0.15, -0.1) is 0 Å². The molecule has 0 saturated heterocycles. The average molecular weight is 232 g/mol. The van der Waals surface area contributed by atoms with Gasteiger partial charge < -0.3 is 9.53 Å². The van der Waals surface area contributed by atoms with Crippen molar-refractivity contribution in [1.82, 2.24) is 0 Å². The second-order valence-electron chi connectivity index (χ2n) is 3.80. The highest BCUT2D eigenvalue weighted by molar-refractivity contribution is 5.86. The molecule has 0 radical (unpaired) electrons. The van der Waals surface area contributed by atoms with Crippen molar-refractivity contribution in [2.45, 2.75) is 19.8 Å². The molecule has 1 aromatic carbocycles. The lowest BCUT2D eigenvalue weighted by Gasteiger charge is -2.00. The molecule has 0 aliphatic carbocycles. The minimum Gasteiger partial charge on any atom is -0.466 e. The van der Waals surface area contributed by atoms with Crippen molar-refractivity contribution in [3.63, 3.8) is 0 Å². The summed E-state index contributed by atoms with van der Waals surface area (Å²) in [6, 6.07) is 7.74. The molecule has 0 fully saturated rings. The fourth-order valence-corrected chi connectivity index (χ4v) is 1.35. The zero-order valence-corrected chi connectivity index (χ0v) is 10.1. The fraction of sp³-hybridized carbons (Fsp3) is 0.286. The minimum atomic E-state index is -0.370. The summed E-state index contributed by atoms with van der Waals surface area (Å²) in [7, 11) is 1.34. The van der Waals surface area contributed by atoms with Crippen LogP contribution in [-0.2, 0) is 20.7 Å². The van der Waals surface area contributed by atoms with Crippen LogP contribution in [0.5, 0.6) is 0 Å². The van der Waals surface area contributed by atoms with E-state index in [4.69, 9.17) is 0 Å². The van der Waals surface area contributed by atoms with Crippen molar-refractivity contribution in [3.05, 3.63) is 41.5 Å². The molecule has 0 unspecified atom stereocenters. The smallest absolute Gasteiger partial charge is 0.330 e. The quantitative estimate of drug-likeness (QED) is 0.578. The number of hydrogen-bond donors (Lipinski definition) is 0. The third-order valence-electron chi connectivity index (χ3n) is 2.36. The van der Waals surface area contributed by atoms with Crippen LogP contribution in [0, 0.1) is 0 Å². The van der Waals surface area contributed by atoms with Crippen molar-refractivity contribution >= 4 is 17.8 Å². The van der Waals surface area contributed by atoms with Gasteiger partial charge in [-0.1, -0.05) is 24.3 Å². The summed E-state index contributed by atoms with van der Waals surface area (Å²) in [5.41, 5.74) is 2.05. The third kappa shape index (κ3) is 5.11. The van der Waals surface area contributed by atoms with E-state index in [2.05, 4.69) is 4.74 Å². The zero-order valence-electron chi connectivity index (χ0n) is 10.1. The van der Waals surface area contributed by atoms with Crippen LogP contribution in [0.2, 0.25) is 0 Å². The molecule has 1 rings (SSSR count). The predicted molar refractivity (Wildman–Crippen MR) is 66.5 cm³/mol. The van der Waals surface area contributed by atoms with Gasteiger partial charge in [0.15, 0.2) is 0 Å². The molecule has 3 heteroatoms. The van der Waals surface area contributed by atoms with Crippen molar-refractivity contribution < 1.29 is 14.3 Å².